The summed E-state index contributed by atoms with van der Waals surface area (Å²) < 4.78 is 0. The maximum absolute atomic E-state index is 7.54. The summed E-state index contributed by atoms with van der Waals surface area (Å²) >= 11 is 0. The van der Waals surface area contributed by atoms with Crippen molar-refractivity contribution < 1.29 is 0 Å². The summed E-state index contributed by atoms with van der Waals surface area (Å²) in [4.78, 5) is 10.3. The van der Waals surface area contributed by atoms with Crippen molar-refractivity contribution in [2.45, 2.75) is 158 Å². The summed E-state index contributed by atoms with van der Waals surface area (Å²) in [7, 11) is 0. The lowest BCUT2D eigenvalue weighted by atomic mass is 9.80. The molecule has 0 radical (unpaired) electrons. The summed E-state index contributed by atoms with van der Waals surface area (Å²) in [5.41, 5.74) is 30.2. The molecule has 0 saturated heterocycles. The molecule has 4 N–H and O–H groups in total. The minimum atomic E-state index is 0.635. The van der Waals surface area contributed by atoms with Crippen LogP contribution in [-0.2, 0) is 0 Å². The number of unbranched alkanes of at least 4 members (excludes halogenated alkanes) is 8. The number of nitrogen functional groups attached to an aromatic ring is 2. The highest BCUT2D eigenvalue weighted by atomic mass is 15.1. The molecule has 0 saturated carbocycles. The van der Waals surface area contributed by atoms with Crippen LogP contribution in [0.1, 0.15) is 158 Å². The molecule has 0 bridgehead atoms. The normalized spacial score (nSPS) is 11.3. The summed E-state index contributed by atoms with van der Waals surface area (Å²) in [5, 5.41) is 0. The maximum atomic E-state index is 7.54. The first-order chi connectivity index (χ1) is 33.3. The van der Waals surface area contributed by atoms with Crippen molar-refractivity contribution in [3.63, 3.8) is 0 Å². The smallest absolute Gasteiger partial charge is 0.0640 e. The Bertz CT molecular complexity index is 1970. The van der Waals surface area contributed by atoms with Gasteiger partial charge in [-0.05, 0) is 122 Å². The van der Waals surface area contributed by atoms with E-state index in [0.29, 0.717) is 11.4 Å². The van der Waals surface area contributed by atoms with Gasteiger partial charge in [0.15, 0.2) is 0 Å². The van der Waals surface area contributed by atoms with Crippen LogP contribution in [0.4, 0.5) is 34.1 Å². The van der Waals surface area contributed by atoms with Crippen LogP contribution >= 0.6 is 0 Å². The van der Waals surface area contributed by atoms with E-state index in [9.17, 15) is 0 Å². The van der Waals surface area contributed by atoms with Gasteiger partial charge in [0.25, 0.3) is 0 Å². The third kappa shape index (κ3) is 14.5. The van der Waals surface area contributed by atoms with Gasteiger partial charge in [0.2, 0.25) is 0 Å². The SMILES string of the molecule is CCCCN(CCCC)c1ccc(-c2c(N)c(N)c(-c3ccc(N(CCCC)CCCC)cc3)c(-c3ccc(N(CCCC)CCCC)cc3)c2-c2ccc(N(CCCC)CCCC)cc2)cc1. The van der Waals surface area contributed by atoms with Crippen LogP contribution in [0.3, 0.4) is 0 Å². The largest absolute Gasteiger partial charge is 0.397 e. The van der Waals surface area contributed by atoms with Crippen molar-refractivity contribution in [3.05, 3.63) is 97.1 Å². The summed E-state index contributed by atoms with van der Waals surface area (Å²) in [5.74, 6) is 0. The second-order valence-corrected chi connectivity index (χ2v) is 19.3. The van der Waals surface area contributed by atoms with Crippen molar-refractivity contribution >= 4 is 34.1 Å². The van der Waals surface area contributed by atoms with E-state index in [-0.39, 0.29) is 0 Å². The molecular weight excluding hydrogens is 829 g/mol. The molecule has 0 aliphatic carbocycles. The summed E-state index contributed by atoms with van der Waals surface area (Å²) in [6, 6.07) is 37.2. The number of benzene rings is 5. The first-order valence-electron chi connectivity index (χ1n) is 27.4. The Kier molecular flexibility index (Phi) is 23.0. The first-order valence-corrected chi connectivity index (χ1v) is 27.4. The van der Waals surface area contributed by atoms with Crippen molar-refractivity contribution in [1.82, 2.24) is 0 Å². The number of nitrogens with two attached hydrogens (primary N) is 2. The second-order valence-electron chi connectivity index (χ2n) is 19.3. The molecule has 68 heavy (non-hydrogen) atoms. The van der Waals surface area contributed by atoms with E-state index in [4.69, 9.17) is 11.5 Å². The third-order valence-electron chi connectivity index (χ3n) is 13.9. The van der Waals surface area contributed by atoms with Gasteiger partial charge in [-0.3, -0.25) is 0 Å². The quantitative estimate of drug-likeness (QED) is 0.0419. The average Bonchev–Trinajstić information content (AvgIpc) is 3.37. The van der Waals surface area contributed by atoms with Crippen molar-refractivity contribution in [2.75, 3.05) is 83.4 Å². The highest BCUT2D eigenvalue weighted by Gasteiger charge is 2.26. The number of hydrogen-bond donors (Lipinski definition) is 2. The Morgan fingerprint density at radius 1 is 0.250 bits per heavy atom. The van der Waals surface area contributed by atoms with E-state index >= 15 is 0 Å². The minimum absolute atomic E-state index is 0.635. The van der Waals surface area contributed by atoms with Gasteiger partial charge in [0, 0.05) is 97.4 Å². The van der Waals surface area contributed by atoms with E-state index in [1.54, 1.807) is 0 Å². The standard InChI is InChI=1S/C62H92N6/c1-9-17-41-65(42-18-10-2)53-33-25-49(26-34-53)57-58(50-27-35-54(36-28-50)66(43-19-11-3)44-20-12-4)60(52-31-39-56(40-32-52)68(47-23-15-7)48-24-16-8)62(64)61(63)59(57)51-29-37-55(38-30-51)67(45-21-13-5)46-22-14-6/h25-40H,9-24,41-48,63-64H2,1-8H3. The molecule has 0 aromatic heterocycles. The van der Waals surface area contributed by atoms with Gasteiger partial charge in [0.1, 0.15) is 0 Å². The fourth-order valence-corrected chi connectivity index (χ4v) is 9.59. The molecule has 5 rings (SSSR count). The monoisotopic (exact) mass is 921 g/mol. The molecule has 0 fully saturated rings. The zero-order chi connectivity index (χ0) is 48.7. The number of anilines is 6. The Morgan fingerprint density at radius 2 is 0.412 bits per heavy atom. The summed E-state index contributed by atoms with van der Waals surface area (Å²) in [6.07, 6.45) is 18.9. The highest BCUT2D eigenvalue weighted by molar-refractivity contribution is 6.12. The van der Waals surface area contributed by atoms with Crippen molar-refractivity contribution in [2.24, 2.45) is 0 Å². The van der Waals surface area contributed by atoms with Crippen molar-refractivity contribution in [3.8, 4) is 44.5 Å². The molecule has 0 amide bonds. The molecule has 0 spiro atoms. The molecule has 0 atom stereocenters. The zero-order valence-electron chi connectivity index (χ0n) is 44.2. The zero-order valence-corrected chi connectivity index (χ0v) is 44.2. The van der Waals surface area contributed by atoms with E-state index in [0.717, 1.165) is 96.9 Å². The Hall–Kier alpha value is -5.10. The number of hydrogen-bond acceptors (Lipinski definition) is 6. The molecule has 6 nitrogen and oxygen atoms in total. The molecule has 5 aromatic carbocycles. The van der Waals surface area contributed by atoms with Crippen LogP contribution in [0.2, 0.25) is 0 Å². The van der Waals surface area contributed by atoms with Crippen LogP contribution < -0.4 is 31.1 Å². The fourth-order valence-electron chi connectivity index (χ4n) is 9.59. The van der Waals surface area contributed by atoms with Gasteiger partial charge >= 0.3 is 0 Å². The molecule has 370 valence electrons. The van der Waals surface area contributed by atoms with Crippen LogP contribution in [-0.4, -0.2) is 52.4 Å². The molecule has 0 heterocycles. The Morgan fingerprint density at radius 3 is 0.574 bits per heavy atom. The lowest BCUT2D eigenvalue weighted by molar-refractivity contribution is 0.678. The van der Waals surface area contributed by atoms with Crippen LogP contribution in [0.5, 0.6) is 0 Å². The molecule has 0 aliphatic rings. The maximum Gasteiger partial charge on any atom is 0.0640 e. The Labute approximate surface area is 415 Å². The van der Waals surface area contributed by atoms with Gasteiger partial charge in [-0.25, -0.2) is 0 Å². The molecule has 5 aromatic rings. The van der Waals surface area contributed by atoms with Gasteiger partial charge in [-0.15, -0.1) is 0 Å². The van der Waals surface area contributed by atoms with E-state index in [1.165, 1.54) is 125 Å². The van der Waals surface area contributed by atoms with Gasteiger partial charge in [-0.2, -0.15) is 0 Å². The first kappa shape index (κ1) is 53.8. The average molecular weight is 921 g/mol. The van der Waals surface area contributed by atoms with Gasteiger partial charge in [-0.1, -0.05) is 155 Å². The van der Waals surface area contributed by atoms with E-state index in [1.807, 2.05) is 0 Å². The van der Waals surface area contributed by atoms with Gasteiger partial charge in [0.05, 0.1) is 11.4 Å². The lowest BCUT2D eigenvalue weighted by Gasteiger charge is -2.28. The minimum Gasteiger partial charge on any atom is -0.397 e. The van der Waals surface area contributed by atoms with Crippen molar-refractivity contribution in [1.29, 1.82) is 0 Å². The summed E-state index contributed by atoms with van der Waals surface area (Å²) in [6.45, 7) is 26.8. The van der Waals surface area contributed by atoms with Crippen LogP contribution in [0.15, 0.2) is 97.1 Å². The number of nitrogens with zero attached hydrogens (tertiary/aromatic N) is 4. The lowest BCUT2D eigenvalue weighted by Crippen LogP contribution is -2.25. The van der Waals surface area contributed by atoms with E-state index in [2.05, 4.69) is 172 Å². The van der Waals surface area contributed by atoms with Crippen LogP contribution in [0.25, 0.3) is 44.5 Å². The Balaban J connectivity index is 1.82. The molecule has 0 unspecified atom stereocenters. The fraction of sp³-hybridized carbons (Fsp3) is 0.516. The predicted octanol–water partition coefficient (Wildman–Crippen LogP) is 17.1. The number of rotatable bonds is 32. The third-order valence-corrected chi connectivity index (χ3v) is 13.9. The molecule has 0 aliphatic heterocycles. The highest BCUT2D eigenvalue weighted by Crippen LogP contribution is 2.53. The van der Waals surface area contributed by atoms with E-state index < -0.39 is 0 Å². The topological polar surface area (TPSA) is 65.0 Å². The van der Waals surface area contributed by atoms with Gasteiger partial charge < -0.3 is 31.1 Å². The van der Waals surface area contributed by atoms with Crippen LogP contribution in [0, 0.1) is 0 Å². The second kappa shape index (κ2) is 29.0. The molecular formula is C62H92N6. The molecule has 6 heteroatoms. The predicted molar refractivity (Wildman–Crippen MR) is 305 cm³/mol.